The van der Waals surface area contributed by atoms with Crippen LogP contribution in [0, 0.1) is 40.4 Å². The van der Waals surface area contributed by atoms with Crippen molar-refractivity contribution in [3.63, 3.8) is 0 Å². The van der Waals surface area contributed by atoms with Gasteiger partial charge in [0.05, 0.1) is 6.10 Å². The first-order valence-electron chi connectivity index (χ1n) is 11.2. The summed E-state index contributed by atoms with van der Waals surface area (Å²) in [4.78, 5) is 0. The highest BCUT2D eigenvalue weighted by molar-refractivity contribution is 5.41. The molecule has 5 aliphatic rings. The van der Waals surface area contributed by atoms with Crippen LogP contribution in [0.3, 0.4) is 0 Å². The number of allylic oxidation sites excluding steroid dienone is 2. The summed E-state index contributed by atoms with van der Waals surface area (Å²) in [6.45, 7) is 7.25. The van der Waals surface area contributed by atoms with Gasteiger partial charge in [0, 0.05) is 25.6 Å². The standard InChI is InChI=1S/C24H36O4/c1-13(22(26-4)27-5)16-8-9-17-15-7-6-14-12-19(25)20-21(28-20)24(14,3)18(15)10-11-23(16,17)2/h6-7,12-13,15-22,25H,8-11H2,1-5H3/t13?,15-,16+,17-,18-,19-,20-,21-,23+,24-/m0/s1. The Balaban J connectivity index is 1.45. The lowest BCUT2D eigenvalue weighted by Crippen LogP contribution is -2.52. The maximum absolute atomic E-state index is 10.3. The van der Waals surface area contributed by atoms with Crippen LogP contribution in [-0.2, 0) is 14.2 Å². The van der Waals surface area contributed by atoms with E-state index in [2.05, 4.69) is 39.0 Å². The van der Waals surface area contributed by atoms with Crippen molar-refractivity contribution in [3.8, 4) is 0 Å². The SMILES string of the molecule is COC(OC)C(C)[C@H]1CC[C@H]2[C@@H]3C=CC4=C[C@H](O)[C@@H]5O[C@@H]5[C@]4(C)[C@H]3CC[C@]12C. The summed E-state index contributed by atoms with van der Waals surface area (Å²) in [5.74, 6) is 2.99. The van der Waals surface area contributed by atoms with Crippen molar-refractivity contribution in [1.29, 1.82) is 0 Å². The van der Waals surface area contributed by atoms with Crippen molar-refractivity contribution in [3.05, 3.63) is 23.8 Å². The molecule has 5 rings (SSSR count). The number of ether oxygens (including phenoxy) is 3. The summed E-state index contributed by atoms with van der Waals surface area (Å²) in [6, 6.07) is 0. The molecule has 0 aromatic carbocycles. The van der Waals surface area contributed by atoms with Crippen LogP contribution < -0.4 is 0 Å². The van der Waals surface area contributed by atoms with Gasteiger partial charge in [-0.1, -0.05) is 32.9 Å². The van der Waals surface area contributed by atoms with E-state index in [4.69, 9.17) is 14.2 Å². The van der Waals surface area contributed by atoms with Crippen molar-refractivity contribution < 1.29 is 19.3 Å². The topological polar surface area (TPSA) is 51.2 Å². The Kier molecular flexibility index (Phi) is 4.41. The zero-order chi connectivity index (χ0) is 19.8. The van der Waals surface area contributed by atoms with E-state index >= 15 is 0 Å². The second-order valence-corrected chi connectivity index (χ2v) is 10.5. The third-order valence-corrected chi connectivity index (χ3v) is 9.63. The maximum atomic E-state index is 10.3. The average Bonchev–Trinajstić information content (AvgIpc) is 3.41. The number of aliphatic hydroxyl groups excluding tert-OH is 1. The van der Waals surface area contributed by atoms with Crippen molar-refractivity contribution in [2.75, 3.05) is 14.2 Å². The van der Waals surface area contributed by atoms with E-state index in [9.17, 15) is 5.11 Å². The van der Waals surface area contributed by atoms with Crippen LogP contribution in [0.2, 0.25) is 0 Å². The summed E-state index contributed by atoms with van der Waals surface area (Å²) >= 11 is 0. The second kappa shape index (κ2) is 6.41. The Hall–Kier alpha value is -0.680. The summed E-state index contributed by atoms with van der Waals surface area (Å²) in [6.07, 6.45) is 11.6. The van der Waals surface area contributed by atoms with Gasteiger partial charge in [-0.2, -0.15) is 0 Å². The molecule has 28 heavy (non-hydrogen) atoms. The number of aliphatic hydroxyl groups is 1. The van der Waals surface area contributed by atoms with E-state index in [1.165, 1.54) is 31.3 Å². The van der Waals surface area contributed by atoms with Gasteiger partial charge in [0.25, 0.3) is 0 Å². The van der Waals surface area contributed by atoms with Crippen LogP contribution in [0.1, 0.15) is 46.5 Å². The molecular formula is C24H36O4. The molecular weight excluding hydrogens is 352 g/mol. The van der Waals surface area contributed by atoms with E-state index in [-0.39, 0.29) is 23.9 Å². The molecule has 1 N–H and O–H groups in total. The lowest BCUT2D eigenvalue weighted by molar-refractivity contribution is -0.159. The summed E-state index contributed by atoms with van der Waals surface area (Å²) in [5.41, 5.74) is 1.72. The zero-order valence-corrected chi connectivity index (χ0v) is 17.9. The molecule has 2 saturated carbocycles. The quantitative estimate of drug-likeness (QED) is 0.585. The van der Waals surface area contributed by atoms with Gasteiger partial charge >= 0.3 is 0 Å². The lowest BCUT2D eigenvalue weighted by atomic mass is 9.48. The van der Waals surface area contributed by atoms with Crippen LogP contribution in [0.4, 0.5) is 0 Å². The van der Waals surface area contributed by atoms with E-state index < -0.39 is 6.10 Å². The Bertz CT molecular complexity index is 697. The fourth-order valence-electron chi connectivity index (χ4n) is 8.15. The first kappa shape index (κ1) is 19.3. The molecule has 0 radical (unpaired) electrons. The van der Waals surface area contributed by atoms with Gasteiger partial charge in [-0.05, 0) is 66.4 Å². The molecule has 4 nitrogen and oxygen atoms in total. The lowest BCUT2D eigenvalue weighted by Gasteiger charge is -2.56. The minimum atomic E-state index is -0.431. The fourth-order valence-corrected chi connectivity index (χ4v) is 8.15. The van der Waals surface area contributed by atoms with Crippen LogP contribution >= 0.6 is 0 Å². The van der Waals surface area contributed by atoms with Gasteiger partial charge in [0.15, 0.2) is 6.29 Å². The number of hydrogen-bond acceptors (Lipinski definition) is 4. The van der Waals surface area contributed by atoms with Gasteiger partial charge < -0.3 is 19.3 Å². The Labute approximate surface area is 169 Å². The van der Waals surface area contributed by atoms with Crippen LogP contribution in [0.25, 0.3) is 0 Å². The predicted octanol–water partition coefficient (Wildman–Crippen LogP) is 3.94. The minimum Gasteiger partial charge on any atom is -0.386 e. The smallest absolute Gasteiger partial charge is 0.159 e. The molecule has 0 amide bonds. The van der Waals surface area contributed by atoms with E-state index in [1.807, 2.05) is 0 Å². The largest absolute Gasteiger partial charge is 0.386 e. The molecule has 10 atom stereocenters. The highest BCUT2D eigenvalue weighted by atomic mass is 16.7. The van der Waals surface area contributed by atoms with Crippen LogP contribution in [0.5, 0.6) is 0 Å². The number of hydrogen-bond donors (Lipinski definition) is 1. The Morgan fingerprint density at radius 2 is 1.89 bits per heavy atom. The second-order valence-electron chi connectivity index (χ2n) is 10.5. The van der Waals surface area contributed by atoms with Crippen molar-refractivity contribution >= 4 is 0 Å². The third-order valence-electron chi connectivity index (χ3n) is 9.63. The predicted molar refractivity (Wildman–Crippen MR) is 108 cm³/mol. The maximum Gasteiger partial charge on any atom is 0.159 e. The Morgan fingerprint density at radius 1 is 1.14 bits per heavy atom. The molecule has 1 heterocycles. The highest BCUT2D eigenvalue weighted by Gasteiger charge is 2.66. The number of fused-ring (bicyclic) bond motifs is 7. The van der Waals surface area contributed by atoms with Gasteiger partial charge in [-0.25, -0.2) is 0 Å². The molecule has 0 aromatic rings. The molecule has 4 heteroatoms. The Morgan fingerprint density at radius 3 is 2.61 bits per heavy atom. The van der Waals surface area contributed by atoms with Crippen molar-refractivity contribution in [2.45, 2.75) is 71.1 Å². The van der Waals surface area contributed by atoms with Gasteiger partial charge in [0.2, 0.25) is 0 Å². The first-order chi connectivity index (χ1) is 13.4. The van der Waals surface area contributed by atoms with Gasteiger partial charge in [0.1, 0.15) is 12.2 Å². The fraction of sp³-hybridized carbons (Fsp3) is 0.833. The van der Waals surface area contributed by atoms with Crippen LogP contribution in [0.15, 0.2) is 23.8 Å². The molecule has 0 bridgehead atoms. The van der Waals surface area contributed by atoms with Gasteiger partial charge in [-0.3, -0.25) is 0 Å². The van der Waals surface area contributed by atoms with E-state index in [0.29, 0.717) is 35.0 Å². The monoisotopic (exact) mass is 388 g/mol. The molecule has 3 fully saturated rings. The first-order valence-corrected chi connectivity index (χ1v) is 11.2. The average molecular weight is 389 g/mol. The zero-order valence-electron chi connectivity index (χ0n) is 17.9. The number of methoxy groups -OCH3 is 2. The molecule has 1 unspecified atom stereocenters. The molecule has 1 aliphatic heterocycles. The summed E-state index contributed by atoms with van der Waals surface area (Å²) in [7, 11) is 3.52. The van der Waals surface area contributed by atoms with Crippen LogP contribution in [-0.4, -0.2) is 43.9 Å². The normalized spacial score (nSPS) is 52.4. The number of epoxide rings is 1. The van der Waals surface area contributed by atoms with Gasteiger partial charge in [-0.15, -0.1) is 0 Å². The van der Waals surface area contributed by atoms with Crippen molar-refractivity contribution in [2.24, 2.45) is 40.4 Å². The molecule has 156 valence electrons. The van der Waals surface area contributed by atoms with Crippen molar-refractivity contribution in [1.82, 2.24) is 0 Å². The van der Waals surface area contributed by atoms with E-state index in [0.717, 1.165) is 0 Å². The summed E-state index contributed by atoms with van der Waals surface area (Å²) < 4.78 is 17.3. The number of rotatable bonds is 4. The van der Waals surface area contributed by atoms with E-state index in [1.54, 1.807) is 14.2 Å². The molecule has 1 saturated heterocycles. The molecule has 0 aromatic heterocycles. The minimum absolute atomic E-state index is 0.0229. The highest BCUT2D eigenvalue weighted by Crippen LogP contribution is 2.68. The molecule has 0 spiro atoms. The summed E-state index contributed by atoms with van der Waals surface area (Å²) in [5, 5.41) is 10.3. The third kappa shape index (κ3) is 2.38. The molecule has 4 aliphatic carbocycles.